The molecule has 2 radical (unpaired) electrons. The number of carboxylic acid groups (broad SMARTS) is 1. The fourth-order valence-electron chi connectivity index (χ4n) is 5.37. The molecule has 29 heteroatoms. The zero-order valence-corrected chi connectivity index (χ0v) is 42.2. The van der Waals surface area contributed by atoms with Gasteiger partial charge < -0.3 is 49.5 Å². The molecule has 0 aliphatic rings. The van der Waals surface area contributed by atoms with E-state index in [1.165, 1.54) is 30.3 Å². The standard InChI is InChI=1S/C34H24N6O15S3.2Cu.3Na/c41-26-10-7-20(56(47,48)49)15-25(26)38-40-30-28(58(53,54)55)14-17-12-19(6-9-22(17)32(30)43)36-34(46)35-18-5-8-21-16(11-18)13-27(57(50,51)52)29(31(21)42)39-37-24-4-2-1-3-23(24)33(44)45;;;;;/h1-15,41-43H,(H,44,45)(H2,35,36,46)(H,47,48,49)(H,50,51,52)(H,53,54,55);;;;;/q;2*+2;3*+1/p-7. The second-order valence-electron chi connectivity index (χ2n) is 11.8. The third-order valence-corrected chi connectivity index (χ3v) is 10.5. The van der Waals surface area contributed by atoms with E-state index in [1.807, 2.05) is 0 Å². The molecule has 6 aromatic carbocycles. The van der Waals surface area contributed by atoms with Gasteiger partial charge in [0.1, 0.15) is 30.4 Å². The molecule has 21 nitrogen and oxygen atoms in total. The van der Waals surface area contributed by atoms with E-state index in [1.54, 1.807) is 0 Å². The zero-order valence-electron chi connectivity index (χ0n) is 31.9. The zero-order chi connectivity index (χ0) is 42.3. The molecule has 2 amide bonds. The van der Waals surface area contributed by atoms with E-state index in [0.717, 1.165) is 42.5 Å². The van der Waals surface area contributed by atoms with Gasteiger partial charge in [-0.15, -0.1) is 15.3 Å². The van der Waals surface area contributed by atoms with Gasteiger partial charge in [0.2, 0.25) is 0 Å². The van der Waals surface area contributed by atoms with Crippen molar-refractivity contribution in [2.75, 3.05) is 10.6 Å². The normalized spacial score (nSPS) is 11.4. The molecule has 0 aromatic heterocycles. The maximum atomic E-state index is 13.3. The molecular formula is C34H17Cu2N6Na3O15S3. The van der Waals surface area contributed by atoms with E-state index in [2.05, 4.69) is 31.1 Å². The van der Waals surface area contributed by atoms with Crippen molar-refractivity contribution in [3.8, 4) is 17.2 Å². The summed E-state index contributed by atoms with van der Waals surface area (Å²) in [7, 11) is -15.9. The van der Waals surface area contributed by atoms with Crippen molar-refractivity contribution >= 4 is 98.0 Å². The maximum absolute atomic E-state index is 13.3. The van der Waals surface area contributed by atoms with Crippen molar-refractivity contribution < 1.29 is 192 Å². The number of hydrogen-bond acceptors (Lipinski definition) is 19. The first-order valence-electron chi connectivity index (χ1n) is 15.6. The predicted molar refractivity (Wildman–Crippen MR) is 188 cm³/mol. The summed E-state index contributed by atoms with van der Waals surface area (Å²) in [6, 6.07) is 14.4. The van der Waals surface area contributed by atoms with Gasteiger partial charge in [-0.1, -0.05) is 53.6 Å². The second kappa shape index (κ2) is 22.9. The van der Waals surface area contributed by atoms with Crippen molar-refractivity contribution in [3.63, 3.8) is 0 Å². The van der Waals surface area contributed by atoms with E-state index in [9.17, 15) is 68.9 Å². The number of anilines is 2. The Morgan fingerprint density at radius 1 is 0.524 bits per heavy atom. The number of amides is 2. The van der Waals surface area contributed by atoms with E-state index in [-0.39, 0.29) is 161 Å². The van der Waals surface area contributed by atoms with Gasteiger partial charge in [-0.3, -0.25) is 0 Å². The average molecular weight is 1040 g/mol. The first kappa shape index (κ1) is 58.0. The third kappa shape index (κ3) is 13.5. The Hall–Kier alpha value is -3.05. The Balaban J connectivity index is 0.00000397. The summed E-state index contributed by atoms with van der Waals surface area (Å²) >= 11 is 0. The molecule has 316 valence electrons. The van der Waals surface area contributed by atoms with Gasteiger partial charge in [0.05, 0.1) is 43.4 Å². The van der Waals surface area contributed by atoms with Crippen molar-refractivity contribution in [1.29, 1.82) is 0 Å². The molecule has 6 aromatic rings. The molecule has 0 saturated heterocycles. The Morgan fingerprint density at radius 3 is 1.40 bits per heavy atom. The molecule has 0 heterocycles. The molecule has 0 unspecified atom stereocenters. The number of carbonyl (C=O) groups excluding carboxylic acids is 2. The van der Waals surface area contributed by atoms with E-state index in [0.29, 0.717) is 18.2 Å². The number of hydrogen-bond donors (Lipinski definition) is 2. The fraction of sp³-hybridized carbons (Fsp3) is 0. The van der Waals surface area contributed by atoms with Crippen molar-refractivity contribution in [3.05, 3.63) is 96.6 Å². The van der Waals surface area contributed by atoms with Crippen LogP contribution in [0.4, 0.5) is 38.9 Å². The van der Waals surface area contributed by atoms with Crippen LogP contribution in [-0.4, -0.2) is 50.9 Å². The summed E-state index contributed by atoms with van der Waals surface area (Å²) in [5.74, 6) is -4.85. The van der Waals surface area contributed by atoms with Gasteiger partial charge in [-0.25, -0.2) is 30.0 Å². The van der Waals surface area contributed by atoms with Crippen LogP contribution in [0.15, 0.2) is 126 Å². The number of azo groups is 2. The molecule has 0 aliphatic carbocycles. The molecule has 0 bridgehead atoms. The summed E-state index contributed by atoms with van der Waals surface area (Å²) in [6.07, 6.45) is 0. The van der Waals surface area contributed by atoms with Crippen LogP contribution in [0.5, 0.6) is 17.2 Å². The summed E-state index contributed by atoms with van der Waals surface area (Å²) in [5.41, 5.74) is -3.57. The van der Waals surface area contributed by atoms with Crippen LogP contribution in [0.3, 0.4) is 0 Å². The molecule has 0 atom stereocenters. The Morgan fingerprint density at radius 2 is 0.968 bits per heavy atom. The van der Waals surface area contributed by atoms with Gasteiger partial charge in [0.15, 0.2) is 0 Å². The van der Waals surface area contributed by atoms with Crippen LogP contribution in [0.2, 0.25) is 0 Å². The first-order valence-corrected chi connectivity index (χ1v) is 19.8. The summed E-state index contributed by atoms with van der Waals surface area (Å²) < 4.78 is 107. The smallest absolute Gasteiger partial charge is 0.871 e. The van der Waals surface area contributed by atoms with Gasteiger partial charge in [-0.2, -0.15) is 5.11 Å². The number of benzene rings is 6. The summed E-state index contributed by atoms with van der Waals surface area (Å²) in [4.78, 5) is 21.2. The fourth-order valence-corrected chi connectivity index (χ4v) is 7.14. The van der Waals surface area contributed by atoms with Crippen LogP contribution in [-0.2, 0) is 64.5 Å². The number of nitrogens with zero attached hydrogens (tertiary/aromatic N) is 4. The molecule has 0 spiro atoms. The topological polar surface area (TPSA) is 371 Å². The quantitative estimate of drug-likeness (QED) is 0.0732. The van der Waals surface area contributed by atoms with Crippen LogP contribution in [0, 0.1) is 0 Å². The minimum atomic E-state index is -5.47. The average Bonchev–Trinajstić information content (AvgIpc) is 3.13. The Bertz CT molecular complexity index is 3170. The summed E-state index contributed by atoms with van der Waals surface area (Å²) in [5, 5.41) is 68.2. The number of aromatic carboxylic acids is 1. The number of rotatable bonds is 10. The van der Waals surface area contributed by atoms with Gasteiger partial charge in [0.25, 0.3) is 0 Å². The minimum absolute atomic E-state index is 0. The Kier molecular flexibility index (Phi) is 21.1. The van der Waals surface area contributed by atoms with Crippen LogP contribution in [0.1, 0.15) is 10.4 Å². The summed E-state index contributed by atoms with van der Waals surface area (Å²) in [6.45, 7) is 0. The van der Waals surface area contributed by atoms with Crippen LogP contribution >= 0.6 is 0 Å². The van der Waals surface area contributed by atoms with Crippen LogP contribution in [0.25, 0.3) is 21.5 Å². The van der Waals surface area contributed by atoms with E-state index in [4.69, 9.17) is 0 Å². The SMILES string of the molecule is O=C(Nc1ccc2c([O-])c(N=Nc3cc(S(=O)(=O)[O-])ccc3[O-])c(S(=O)(=O)[O-])cc2c1)Nc1ccc2c([O-])c(N=Nc3ccccc3C(=O)[O-])c(S(=O)(=O)[O-])cc2c1.[Cu+2].[Cu+2].[Na+].[Na+].[Na+]. The van der Waals surface area contributed by atoms with Crippen molar-refractivity contribution in [2.24, 2.45) is 20.5 Å². The second-order valence-corrected chi connectivity index (χ2v) is 15.8. The third-order valence-electron chi connectivity index (χ3n) is 7.98. The first-order chi connectivity index (χ1) is 27.1. The molecule has 6 rings (SSSR count). The number of carboxylic acids is 1. The molecule has 0 aliphatic heterocycles. The van der Waals surface area contributed by atoms with Crippen molar-refractivity contribution in [1.82, 2.24) is 0 Å². The molecule has 63 heavy (non-hydrogen) atoms. The maximum Gasteiger partial charge on any atom is 2.00 e. The molecule has 0 saturated carbocycles. The largest absolute Gasteiger partial charge is 2.00 e. The van der Waals surface area contributed by atoms with Gasteiger partial charge in [-0.05, 0) is 76.1 Å². The van der Waals surface area contributed by atoms with Gasteiger partial charge in [0, 0.05) is 16.9 Å². The van der Waals surface area contributed by atoms with Gasteiger partial charge >= 0.3 is 129 Å². The predicted octanol–water partition coefficient (Wildman–Crippen LogP) is -6.23. The van der Waals surface area contributed by atoms with E-state index < -0.39 is 96.9 Å². The van der Waals surface area contributed by atoms with Crippen molar-refractivity contribution in [2.45, 2.75) is 14.7 Å². The number of nitrogens with one attached hydrogen (secondary N) is 2. The molecular weight excluding hydrogens is 1020 g/mol. The monoisotopic (exact) mass is 1040 g/mol. The molecule has 0 fully saturated rings. The Labute approximate surface area is 444 Å². The number of carbonyl (C=O) groups is 2. The van der Waals surface area contributed by atoms with Crippen LogP contribution < -0.4 is 120 Å². The number of urea groups is 1. The molecule has 2 N–H and O–H groups in total. The van der Waals surface area contributed by atoms with E-state index >= 15 is 0 Å². The minimum Gasteiger partial charge on any atom is -0.871 e. The number of fused-ring (bicyclic) bond motifs is 2.